The smallest absolute Gasteiger partial charge is 0.294 e. The molecule has 0 aliphatic rings. The van der Waals surface area contributed by atoms with Crippen LogP contribution < -0.4 is 4.72 Å². The highest BCUT2D eigenvalue weighted by atomic mass is 32.2. The Hall–Kier alpha value is -1.48. The lowest BCUT2D eigenvalue weighted by Crippen LogP contribution is -2.33. The van der Waals surface area contributed by atoms with Crippen molar-refractivity contribution < 1.29 is 30.8 Å². The van der Waals surface area contributed by atoms with Crippen molar-refractivity contribution in [2.24, 2.45) is 0 Å². The standard InChI is InChI=1S/C11H11F4NO3S/c1-2-10(17)8-5-7(3-4-9(8)12)20(18,19)16-6-11(13,14)15/h3-5,16H,2,6H2,1H3. The van der Waals surface area contributed by atoms with Crippen LogP contribution in [0.4, 0.5) is 17.6 Å². The molecule has 9 heteroatoms. The van der Waals surface area contributed by atoms with Gasteiger partial charge in [0.15, 0.2) is 5.78 Å². The van der Waals surface area contributed by atoms with Gasteiger partial charge in [-0.15, -0.1) is 0 Å². The van der Waals surface area contributed by atoms with Gasteiger partial charge < -0.3 is 0 Å². The first kappa shape index (κ1) is 16.6. The van der Waals surface area contributed by atoms with E-state index < -0.39 is 44.8 Å². The van der Waals surface area contributed by atoms with Gasteiger partial charge in [0.25, 0.3) is 0 Å². The molecule has 0 amide bonds. The minimum atomic E-state index is -4.71. The number of rotatable bonds is 5. The van der Waals surface area contributed by atoms with Gasteiger partial charge >= 0.3 is 6.18 Å². The van der Waals surface area contributed by atoms with E-state index in [0.717, 1.165) is 18.2 Å². The molecule has 0 radical (unpaired) electrons. The Labute approximate surface area is 112 Å². The first-order valence-corrected chi connectivity index (χ1v) is 6.94. The molecule has 0 fully saturated rings. The van der Waals surface area contributed by atoms with Gasteiger partial charge in [-0.05, 0) is 18.2 Å². The van der Waals surface area contributed by atoms with Crippen molar-refractivity contribution >= 4 is 15.8 Å². The van der Waals surface area contributed by atoms with E-state index in [1.807, 2.05) is 0 Å². The van der Waals surface area contributed by atoms with Gasteiger partial charge in [0.05, 0.1) is 10.5 Å². The van der Waals surface area contributed by atoms with Crippen LogP contribution in [0.2, 0.25) is 0 Å². The van der Waals surface area contributed by atoms with E-state index in [4.69, 9.17) is 0 Å². The summed E-state index contributed by atoms with van der Waals surface area (Å²) >= 11 is 0. The molecule has 0 saturated carbocycles. The number of nitrogens with one attached hydrogen (secondary N) is 1. The van der Waals surface area contributed by atoms with Crippen LogP contribution in [0.1, 0.15) is 23.7 Å². The number of benzene rings is 1. The maximum atomic E-state index is 13.4. The highest BCUT2D eigenvalue weighted by Gasteiger charge is 2.30. The fraction of sp³-hybridized carbons (Fsp3) is 0.364. The van der Waals surface area contributed by atoms with Crippen molar-refractivity contribution in [3.8, 4) is 0 Å². The molecule has 1 rings (SSSR count). The molecule has 0 heterocycles. The molecule has 1 aromatic rings. The summed E-state index contributed by atoms with van der Waals surface area (Å²) in [5.74, 6) is -1.57. The number of ketones is 1. The van der Waals surface area contributed by atoms with Crippen LogP contribution in [-0.2, 0) is 10.0 Å². The van der Waals surface area contributed by atoms with Gasteiger partial charge in [-0.2, -0.15) is 13.2 Å². The van der Waals surface area contributed by atoms with Gasteiger partial charge in [-0.1, -0.05) is 6.92 Å². The number of hydrogen-bond acceptors (Lipinski definition) is 3. The molecule has 0 bridgehead atoms. The monoisotopic (exact) mass is 313 g/mol. The average Bonchev–Trinajstić information content (AvgIpc) is 2.35. The summed E-state index contributed by atoms with van der Waals surface area (Å²) < 4.78 is 73.9. The van der Waals surface area contributed by atoms with Crippen LogP contribution in [0.25, 0.3) is 0 Å². The number of alkyl halides is 3. The van der Waals surface area contributed by atoms with Crippen molar-refractivity contribution in [3.63, 3.8) is 0 Å². The fourth-order valence-electron chi connectivity index (χ4n) is 1.34. The van der Waals surface area contributed by atoms with Crippen molar-refractivity contribution in [3.05, 3.63) is 29.6 Å². The molecule has 1 aromatic carbocycles. The van der Waals surface area contributed by atoms with Crippen LogP contribution in [0.3, 0.4) is 0 Å². The molecular weight excluding hydrogens is 302 g/mol. The summed E-state index contributed by atoms with van der Waals surface area (Å²) in [4.78, 5) is 10.8. The minimum absolute atomic E-state index is 0.0591. The van der Waals surface area contributed by atoms with Crippen LogP contribution in [0.5, 0.6) is 0 Å². The van der Waals surface area contributed by atoms with Crippen molar-refractivity contribution in [1.82, 2.24) is 4.72 Å². The highest BCUT2D eigenvalue weighted by Crippen LogP contribution is 2.18. The molecule has 4 nitrogen and oxygen atoms in total. The van der Waals surface area contributed by atoms with Gasteiger partial charge in [-0.25, -0.2) is 17.5 Å². The second kappa shape index (κ2) is 5.88. The quantitative estimate of drug-likeness (QED) is 0.670. The second-order valence-electron chi connectivity index (χ2n) is 3.86. The summed E-state index contributed by atoms with van der Waals surface area (Å²) in [6.07, 6.45) is -4.77. The Morgan fingerprint density at radius 2 is 1.90 bits per heavy atom. The number of carbonyl (C=O) groups excluding carboxylic acids is 1. The largest absolute Gasteiger partial charge is 0.402 e. The van der Waals surface area contributed by atoms with E-state index in [2.05, 4.69) is 0 Å². The number of Topliss-reactive ketones (excluding diaryl/α,β-unsaturated/α-hetero) is 1. The van der Waals surface area contributed by atoms with Crippen molar-refractivity contribution in [2.45, 2.75) is 24.4 Å². The Kier molecular flexibility index (Phi) is 4.87. The molecule has 1 N–H and O–H groups in total. The third-order valence-electron chi connectivity index (χ3n) is 2.33. The van der Waals surface area contributed by atoms with Gasteiger partial charge in [0.1, 0.15) is 12.4 Å². The predicted octanol–water partition coefficient (Wildman–Crippen LogP) is 2.26. The Balaban J connectivity index is 3.11. The first-order chi connectivity index (χ1) is 9.07. The molecule has 0 aromatic heterocycles. The topological polar surface area (TPSA) is 63.2 Å². The van der Waals surface area contributed by atoms with Crippen LogP contribution in [0.15, 0.2) is 23.1 Å². The lowest BCUT2D eigenvalue weighted by molar-refractivity contribution is -0.121. The third kappa shape index (κ3) is 4.27. The summed E-state index contributed by atoms with van der Waals surface area (Å²) in [7, 11) is -4.46. The summed E-state index contributed by atoms with van der Waals surface area (Å²) in [6.45, 7) is -0.297. The summed E-state index contributed by atoms with van der Waals surface area (Å²) in [5.41, 5.74) is -0.470. The van der Waals surface area contributed by atoms with Crippen molar-refractivity contribution in [1.29, 1.82) is 0 Å². The zero-order chi connectivity index (χ0) is 15.6. The lowest BCUT2D eigenvalue weighted by Gasteiger charge is -2.10. The third-order valence-corrected chi connectivity index (χ3v) is 3.73. The van der Waals surface area contributed by atoms with Gasteiger partial charge in [-0.3, -0.25) is 4.79 Å². The van der Waals surface area contributed by atoms with Gasteiger partial charge in [0.2, 0.25) is 10.0 Å². The molecule has 20 heavy (non-hydrogen) atoms. The highest BCUT2D eigenvalue weighted by molar-refractivity contribution is 7.89. The molecule has 0 aliphatic heterocycles. The zero-order valence-corrected chi connectivity index (χ0v) is 11.1. The molecule has 0 unspecified atom stereocenters. The average molecular weight is 313 g/mol. The second-order valence-corrected chi connectivity index (χ2v) is 5.63. The summed E-state index contributed by atoms with van der Waals surface area (Å²) in [6, 6.07) is 2.24. The van der Waals surface area contributed by atoms with E-state index in [1.54, 1.807) is 0 Å². The molecule has 0 saturated heterocycles. The Bertz CT molecular complexity index is 611. The van der Waals surface area contributed by atoms with E-state index in [9.17, 15) is 30.8 Å². The minimum Gasteiger partial charge on any atom is -0.294 e. The SMILES string of the molecule is CCC(=O)c1cc(S(=O)(=O)NCC(F)(F)F)ccc1F. The van der Waals surface area contributed by atoms with E-state index >= 15 is 0 Å². The number of halogens is 4. The van der Waals surface area contributed by atoms with Crippen molar-refractivity contribution in [2.75, 3.05) is 6.54 Å². The molecule has 0 spiro atoms. The molecular formula is C11H11F4NO3S. The number of carbonyl (C=O) groups is 1. The van der Waals surface area contributed by atoms with E-state index in [-0.39, 0.29) is 6.42 Å². The normalized spacial score (nSPS) is 12.4. The van der Waals surface area contributed by atoms with Crippen LogP contribution in [-0.4, -0.2) is 26.9 Å². The van der Waals surface area contributed by atoms with Crippen LogP contribution in [0, 0.1) is 5.82 Å². The number of sulfonamides is 1. The molecule has 112 valence electrons. The Morgan fingerprint density at radius 3 is 2.40 bits per heavy atom. The zero-order valence-electron chi connectivity index (χ0n) is 10.3. The maximum absolute atomic E-state index is 13.4. The first-order valence-electron chi connectivity index (χ1n) is 5.46. The Morgan fingerprint density at radius 1 is 1.30 bits per heavy atom. The number of hydrogen-bond donors (Lipinski definition) is 1. The maximum Gasteiger partial charge on any atom is 0.402 e. The van der Waals surface area contributed by atoms with Gasteiger partial charge in [0, 0.05) is 6.42 Å². The fourth-order valence-corrected chi connectivity index (χ4v) is 2.38. The molecule has 0 aliphatic carbocycles. The molecule has 0 atom stereocenters. The summed E-state index contributed by atoms with van der Waals surface area (Å²) in [5, 5.41) is 0. The predicted molar refractivity (Wildman–Crippen MR) is 62.3 cm³/mol. The van der Waals surface area contributed by atoms with Crippen LogP contribution >= 0.6 is 0 Å². The van der Waals surface area contributed by atoms with E-state index in [0.29, 0.717) is 0 Å². The lowest BCUT2D eigenvalue weighted by atomic mass is 10.1. The van der Waals surface area contributed by atoms with E-state index in [1.165, 1.54) is 11.6 Å².